The molecule has 2 rings (SSSR count). The van der Waals surface area contributed by atoms with Crippen LogP contribution >= 0.6 is 0 Å². The first-order chi connectivity index (χ1) is 12.2. The first-order valence-corrected chi connectivity index (χ1v) is 10.0. The highest BCUT2D eigenvalue weighted by atomic mass is 32.2. The molecule has 1 atom stereocenters. The molecule has 0 aliphatic carbocycles. The van der Waals surface area contributed by atoms with Crippen LogP contribution in [0.2, 0.25) is 0 Å². The summed E-state index contributed by atoms with van der Waals surface area (Å²) in [6, 6.07) is 13.9. The molecular weight excluding hydrogens is 352 g/mol. The van der Waals surface area contributed by atoms with Crippen molar-refractivity contribution >= 4 is 21.4 Å². The Hall–Kier alpha value is -2.38. The Morgan fingerprint density at radius 1 is 1.19 bits per heavy atom. The second-order valence-corrected chi connectivity index (χ2v) is 8.20. The molecule has 0 saturated heterocycles. The van der Waals surface area contributed by atoms with Crippen LogP contribution in [0.4, 0.5) is 5.69 Å². The Kier molecular flexibility index (Phi) is 6.39. The van der Waals surface area contributed by atoms with Gasteiger partial charge in [0.15, 0.2) is 9.84 Å². The van der Waals surface area contributed by atoms with Crippen LogP contribution in [0.25, 0.3) is 0 Å². The van der Waals surface area contributed by atoms with Gasteiger partial charge in [-0.2, -0.15) is 0 Å². The van der Waals surface area contributed by atoms with Gasteiger partial charge >= 0.3 is 0 Å². The fourth-order valence-corrected chi connectivity index (χ4v) is 3.28. The number of para-hydroxylation sites is 1. The van der Waals surface area contributed by atoms with Crippen LogP contribution in [-0.2, 0) is 14.6 Å². The highest BCUT2D eigenvalue weighted by molar-refractivity contribution is 7.90. The third-order valence-electron chi connectivity index (χ3n) is 4.19. The summed E-state index contributed by atoms with van der Waals surface area (Å²) < 4.78 is 28.6. The topological polar surface area (TPSA) is 75.7 Å². The van der Waals surface area contributed by atoms with Gasteiger partial charge in [-0.25, -0.2) is 8.42 Å². The van der Waals surface area contributed by atoms with Gasteiger partial charge in [0, 0.05) is 23.5 Å². The van der Waals surface area contributed by atoms with E-state index in [1.165, 1.54) is 12.1 Å². The summed E-state index contributed by atoms with van der Waals surface area (Å²) in [7, 11) is 0.152. The SMILES string of the molecule is COc1ccccc1[C@@H](C)N(C)CC(=O)Nc1cccc(S(C)(=O)=O)c1. The number of anilines is 1. The molecule has 2 aromatic carbocycles. The standard InChI is InChI=1S/C19H24N2O4S/c1-14(17-10-5-6-11-18(17)25-3)21(2)13-19(22)20-15-8-7-9-16(12-15)26(4,23)24/h5-12,14H,13H2,1-4H3,(H,20,22)/t14-/m1/s1. The molecule has 1 N–H and O–H groups in total. The summed E-state index contributed by atoms with van der Waals surface area (Å²) in [5.41, 5.74) is 1.45. The zero-order valence-electron chi connectivity index (χ0n) is 15.4. The molecule has 1 amide bonds. The quantitative estimate of drug-likeness (QED) is 0.804. The monoisotopic (exact) mass is 376 g/mol. The molecule has 0 aliphatic rings. The van der Waals surface area contributed by atoms with Crippen LogP contribution in [0.3, 0.4) is 0 Å². The van der Waals surface area contributed by atoms with E-state index in [2.05, 4.69) is 5.32 Å². The molecule has 0 radical (unpaired) electrons. The molecule has 2 aromatic rings. The maximum absolute atomic E-state index is 12.3. The van der Waals surface area contributed by atoms with Crippen molar-refractivity contribution in [2.75, 3.05) is 32.3 Å². The zero-order valence-corrected chi connectivity index (χ0v) is 16.2. The van der Waals surface area contributed by atoms with E-state index in [0.717, 1.165) is 17.6 Å². The lowest BCUT2D eigenvalue weighted by molar-refractivity contribution is -0.117. The van der Waals surface area contributed by atoms with E-state index in [1.54, 1.807) is 19.2 Å². The summed E-state index contributed by atoms with van der Waals surface area (Å²) in [6.07, 6.45) is 1.14. The lowest BCUT2D eigenvalue weighted by Crippen LogP contribution is -2.32. The second kappa shape index (κ2) is 8.33. The highest BCUT2D eigenvalue weighted by Gasteiger charge is 2.18. The lowest BCUT2D eigenvalue weighted by Gasteiger charge is -2.25. The van der Waals surface area contributed by atoms with Gasteiger partial charge in [0.05, 0.1) is 18.6 Å². The third-order valence-corrected chi connectivity index (χ3v) is 5.30. The Bertz CT molecular complexity index is 881. The Morgan fingerprint density at radius 2 is 1.88 bits per heavy atom. The fraction of sp³-hybridized carbons (Fsp3) is 0.316. The molecule has 6 nitrogen and oxygen atoms in total. The predicted octanol–water partition coefficient (Wildman–Crippen LogP) is 2.73. The van der Waals surface area contributed by atoms with Gasteiger partial charge in [0.1, 0.15) is 5.75 Å². The van der Waals surface area contributed by atoms with Crippen molar-refractivity contribution in [3.63, 3.8) is 0 Å². The van der Waals surface area contributed by atoms with Crippen LogP contribution in [0, 0.1) is 0 Å². The van der Waals surface area contributed by atoms with Gasteiger partial charge in [0.2, 0.25) is 5.91 Å². The molecule has 0 fully saturated rings. The number of amides is 1. The third kappa shape index (κ3) is 5.06. The van der Waals surface area contributed by atoms with E-state index in [0.29, 0.717) is 5.69 Å². The molecule has 0 spiro atoms. The number of methoxy groups -OCH3 is 1. The highest BCUT2D eigenvalue weighted by Crippen LogP contribution is 2.27. The van der Waals surface area contributed by atoms with Crippen molar-refractivity contribution in [2.45, 2.75) is 17.9 Å². The molecule has 7 heteroatoms. The number of sulfone groups is 1. The van der Waals surface area contributed by atoms with Gasteiger partial charge in [-0.3, -0.25) is 9.69 Å². The molecule has 26 heavy (non-hydrogen) atoms. The fourth-order valence-electron chi connectivity index (χ4n) is 2.62. The molecule has 0 saturated carbocycles. The minimum Gasteiger partial charge on any atom is -0.496 e. The zero-order chi connectivity index (χ0) is 19.3. The average molecular weight is 376 g/mol. The maximum atomic E-state index is 12.3. The van der Waals surface area contributed by atoms with E-state index in [-0.39, 0.29) is 23.4 Å². The number of ether oxygens (including phenoxy) is 1. The molecule has 140 valence electrons. The van der Waals surface area contributed by atoms with Crippen LogP contribution in [0.15, 0.2) is 53.4 Å². The minimum atomic E-state index is -3.32. The van der Waals surface area contributed by atoms with Gasteiger partial charge in [-0.05, 0) is 38.2 Å². The van der Waals surface area contributed by atoms with Crippen LogP contribution in [0.5, 0.6) is 5.75 Å². The summed E-state index contributed by atoms with van der Waals surface area (Å²) in [5.74, 6) is 0.549. The lowest BCUT2D eigenvalue weighted by atomic mass is 10.1. The van der Waals surface area contributed by atoms with Gasteiger partial charge < -0.3 is 10.1 Å². The van der Waals surface area contributed by atoms with E-state index in [1.807, 2.05) is 43.1 Å². The maximum Gasteiger partial charge on any atom is 0.238 e. The number of carbonyl (C=O) groups is 1. The van der Waals surface area contributed by atoms with E-state index < -0.39 is 9.84 Å². The normalized spacial score (nSPS) is 12.7. The number of benzene rings is 2. The molecule has 0 bridgehead atoms. The Labute approximate surface area is 154 Å². The number of rotatable bonds is 7. The number of carbonyl (C=O) groups excluding carboxylic acids is 1. The van der Waals surface area contributed by atoms with Crippen molar-refractivity contribution < 1.29 is 17.9 Å². The number of nitrogens with one attached hydrogen (secondary N) is 1. The smallest absolute Gasteiger partial charge is 0.238 e. The number of hydrogen-bond acceptors (Lipinski definition) is 5. The summed E-state index contributed by atoms with van der Waals surface area (Å²) in [5, 5.41) is 2.74. The van der Waals surface area contributed by atoms with Crippen LogP contribution < -0.4 is 10.1 Å². The Balaban J connectivity index is 2.05. The second-order valence-electron chi connectivity index (χ2n) is 6.18. The average Bonchev–Trinajstić information content (AvgIpc) is 2.60. The first-order valence-electron chi connectivity index (χ1n) is 8.15. The predicted molar refractivity (Wildman–Crippen MR) is 102 cm³/mol. The molecule has 0 heterocycles. The van der Waals surface area contributed by atoms with Crippen molar-refractivity contribution in [3.8, 4) is 5.75 Å². The minimum absolute atomic E-state index is 0.0285. The summed E-state index contributed by atoms with van der Waals surface area (Å²) in [6.45, 7) is 2.15. The van der Waals surface area contributed by atoms with Crippen molar-refractivity contribution in [3.05, 3.63) is 54.1 Å². The van der Waals surface area contributed by atoms with E-state index >= 15 is 0 Å². The number of likely N-dealkylation sites (N-methyl/N-ethyl adjacent to an activating group) is 1. The molecular formula is C19H24N2O4S. The molecule has 0 aliphatic heterocycles. The summed E-state index contributed by atoms with van der Waals surface area (Å²) in [4.78, 5) is 14.4. The van der Waals surface area contributed by atoms with Crippen molar-refractivity contribution in [1.29, 1.82) is 0 Å². The van der Waals surface area contributed by atoms with Gasteiger partial charge in [-0.1, -0.05) is 24.3 Å². The first kappa shape index (κ1) is 19.9. The molecule has 0 aromatic heterocycles. The van der Waals surface area contributed by atoms with E-state index in [9.17, 15) is 13.2 Å². The Morgan fingerprint density at radius 3 is 2.54 bits per heavy atom. The summed E-state index contributed by atoms with van der Waals surface area (Å²) >= 11 is 0. The molecule has 0 unspecified atom stereocenters. The number of nitrogens with zero attached hydrogens (tertiary/aromatic N) is 1. The van der Waals surface area contributed by atoms with Crippen LogP contribution in [0.1, 0.15) is 18.5 Å². The van der Waals surface area contributed by atoms with Crippen molar-refractivity contribution in [2.24, 2.45) is 0 Å². The largest absolute Gasteiger partial charge is 0.496 e. The number of hydrogen-bond donors (Lipinski definition) is 1. The van der Waals surface area contributed by atoms with E-state index in [4.69, 9.17) is 4.74 Å². The van der Waals surface area contributed by atoms with Gasteiger partial charge in [-0.15, -0.1) is 0 Å². The van der Waals surface area contributed by atoms with Crippen molar-refractivity contribution in [1.82, 2.24) is 4.90 Å². The van der Waals surface area contributed by atoms with Gasteiger partial charge in [0.25, 0.3) is 0 Å². The van der Waals surface area contributed by atoms with Crippen LogP contribution in [-0.4, -0.2) is 46.2 Å².